The summed E-state index contributed by atoms with van der Waals surface area (Å²) < 4.78 is 9.88. The van der Waals surface area contributed by atoms with E-state index in [1.807, 2.05) is 30.3 Å². The molecule has 0 heterocycles. The van der Waals surface area contributed by atoms with Crippen LogP contribution in [0, 0.1) is 0 Å². The van der Waals surface area contributed by atoms with Crippen LogP contribution in [0.25, 0.3) is 0 Å². The number of hydrogen-bond acceptors (Lipinski definition) is 5. The van der Waals surface area contributed by atoms with Crippen LogP contribution in [0.1, 0.15) is 15.9 Å². The minimum absolute atomic E-state index is 0.192. The molecule has 0 aliphatic carbocycles. The molecule has 3 N–H and O–H groups in total. The Balaban J connectivity index is 1.98. The maximum absolute atomic E-state index is 12.2. The van der Waals surface area contributed by atoms with Crippen LogP contribution >= 0.6 is 0 Å². The molecular weight excluding hydrogens is 297 g/mol. The molecule has 0 aromatic heterocycles. The van der Waals surface area contributed by atoms with Gasteiger partial charge >= 0.3 is 7.32 Å². The van der Waals surface area contributed by atoms with Crippen molar-refractivity contribution in [2.24, 2.45) is 0 Å². The van der Waals surface area contributed by atoms with Crippen LogP contribution in [-0.2, 0) is 6.42 Å². The van der Waals surface area contributed by atoms with Crippen LogP contribution in [0.2, 0.25) is 0 Å². The fourth-order valence-corrected chi connectivity index (χ4v) is 2.11. The van der Waals surface area contributed by atoms with Crippen LogP contribution in [-0.4, -0.2) is 36.9 Å². The summed E-state index contributed by atoms with van der Waals surface area (Å²) in [6.07, 6.45) is 0.729. The number of carbonyl (C=O) groups excluding carboxylic acids is 1. The van der Waals surface area contributed by atoms with Gasteiger partial charge in [0.05, 0.1) is 12.7 Å². The highest BCUT2D eigenvalue weighted by molar-refractivity contribution is 6.33. The molecule has 0 bridgehead atoms. The second-order valence-corrected chi connectivity index (χ2v) is 4.80. The molecule has 0 aliphatic rings. The molecule has 7 heteroatoms. The third kappa shape index (κ3) is 5.01. The molecule has 1 amide bonds. The third-order valence-electron chi connectivity index (χ3n) is 3.20. The van der Waals surface area contributed by atoms with Crippen LogP contribution < -0.4 is 14.7 Å². The van der Waals surface area contributed by atoms with E-state index in [0.717, 1.165) is 12.0 Å². The average molecular weight is 315 g/mol. The second-order valence-electron chi connectivity index (χ2n) is 4.80. The molecule has 2 rings (SSSR count). The zero-order chi connectivity index (χ0) is 16.7. The van der Waals surface area contributed by atoms with Gasteiger partial charge in [-0.05, 0) is 24.1 Å². The van der Waals surface area contributed by atoms with Crippen molar-refractivity contribution in [2.45, 2.75) is 6.42 Å². The molecule has 0 unspecified atom stereocenters. The number of rotatable bonds is 7. The second kappa shape index (κ2) is 8.21. The van der Waals surface area contributed by atoms with E-state index in [-0.39, 0.29) is 11.7 Å². The van der Waals surface area contributed by atoms with Crippen LogP contribution in [0.15, 0.2) is 48.5 Å². The molecule has 0 radical (unpaired) electrons. The van der Waals surface area contributed by atoms with E-state index < -0.39 is 7.32 Å². The van der Waals surface area contributed by atoms with Gasteiger partial charge < -0.3 is 24.8 Å². The smallest absolute Gasteiger partial charge is 0.512 e. The maximum atomic E-state index is 12.2. The lowest BCUT2D eigenvalue weighted by molar-refractivity contribution is 0.0951. The van der Waals surface area contributed by atoms with Gasteiger partial charge in [0.1, 0.15) is 11.5 Å². The van der Waals surface area contributed by atoms with Gasteiger partial charge in [-0.3, -0.25) is 4.79 Å². The Labute approximate surface area is 134 Å². The summed E-state index contributed by atoms with van der Waals surface area (Å²) in [6.45, 7) is 0.500. The molecular formula is C16H18BNO5. The summed E-state index contributed by atoms with van der Waals surface area (Å²) in [5.41, 5.74) is 1.49. The van der Waals surface area contributed by atoms with Gasteiger partial charge in [-0.2, -0.15) is 0 Å². The molecule has 0 aliphatic heterocycles. The largest absolute Gasteiger partial charge is 0.707 e. The van der Waals surface area contributed by atoms with E-state index in [2.05, 4.69) is 5.32 Å². The van der Waals surface area contributed by atoms with Crippen molar-refractivity contribution in [3.05, 3.63) is 59.7 Å². The molecule has 2 aromatic carbocycles. The van der Waals surface area contributed by atoms with E-state index >= 15 is 0 Å². The number of ether oxygens (including phenoxy) is 1. The lowest BCUT2D eigenvalue weighted by Crippen LogP contribution is -2.26. The lowest BCUT2D eigenvalue weighted by atomic mass is 10.1. The first kappa shape index (κ1) is 16.9. The fraction of sp³-hybridized carbons (Fsp3) is 0.188. The van der Waals surface area contributed by atoms with Crippen molar-refractivity contribution in [1.82, 2.24) is 5.32 Å². The Morgan fingerprint density at radius 2 is 1.91 bits per heavy atom. The lowest BCUT2D eigenvalue weighted by Gasteiger charge is -2.12. The van der Waals surface area contributed by atoms with E-state index in [1.54, 1.807) is 0 Å². The van der Waals surface area contributed by atoms with Crippen LogP contribution in [0.4, 0.5) is 0 Å². The highest BCUT2D eigenvalue weighted by Crippen LogP contribution is 2.24. The van der Waals surface area contributed by atoms with Crippen molar-refractivity contribution >= 4 is 13.2 Å². The summed E-state index contributed by atoms with van der Waals surface area (Å²) in [7, 11) is -0.500. The maximum Gasteiger partial charge on any atom is 0.707 e. The van der Waals surface area contributed by atoms with Crippen molar-refractivity contribution in [3.8, 4) is 11.5 Å². The predicted molar refractivity (Wildman–Crippen MR) is 86.3 cm³/mol. The number of carbonyl (C=O) groups is 1. The predicted octanol–water partition coefficient (Wildman–Crippen LogP) is 1.02. The number of methoxy groups -OCH3 is 1. The third-order valence-corrected chi connectivity index (χ3v) is 3.20. The van der Waals surface area contributed by atoms with Gasteiger partial charge in [-0.1, -0.05) is 30.3 Å². The molecule has 23 heavy (non-hydrogen) atoms. The first-order valence-corrected chi connectivity index (χ1v) is 7.13. The summed E-state index contributed by atoms with van der Waals surface area (Å²) in [4.78, 5) is 12.2. The fourth-order valence-electron chi connectivity index (χ4n) is 2.11. The van der Waals surface area contributed by atoms with Crippen molar-refractivity contribution in [2.75, 3.05) is 13.7 Å². The summed E-state index contributed by atoms with van der Waals surface area (Å²) >= 11 is 0. The van der Waals surface area contributed by atoms with Crippen molar-refractivity contribution in [3.63, 3.8) is 0 Å². The highest BCUT2D eigenvalue weighted by atomic mass is 16.6. The Bertz CT molecular complexity index is 648. The first-order valence-electron chi connectivity index (χ1n) is 7.13. The summed E-state index contributed by atoms with van der Waals surface area (Å²) in [5, 5.41) is 20.4. The first-order chi connectivity index (χ1) is 11.1. The molecule has 120 valence electrons. The molecule has 0 atom stereocenters. The van der Waals surface area contributed by atoms with E-state index in [9.17, 15) is 4.79 Å². The molecule has 2 aromatic rings. The molecule has 0 saturated carbocycles. The van der Waals surface area contributed by atoms with Gasteiger partial charge in [0.2, 0.25) is 0 Å². The van der Waals surface area contributed by atoms with E-state index in [0.29, 0.717) is 17.9 Å². The normalized spacial score (nSPS) is 10.0. The van der Waals surface area contributed by atoms with Crippen molar-refractivity contribution < 1.29 is 24.2 Å². The van der Waals surface area contributed by atoms with Crippen LogP contribution in [0.5, 0.6) is 11.5 Å². The minimum Gasteiger partial charge on any atom is -0.512 e. The number of nitrogens with one attached hydrogen (secondary N) is 1. The molecule has 0 fully saturated rings. The Morgan fingerprint density at radius 3 is 2.57 bits per heavy atom. The quantitative estimate of drug-likeness (QED) is 0.664. The minimum atomic E-state index is -1.93. The Hall–Kier alpha value is -2.51. The number of hydrogen-bond donors (Lipinski definition) is 3. The molecule has 0 saturated heterocycles. The van der Waals surface area contributed by atoms with E-state index in [1.165, 1.54) is 25.3 Å². The highest BCUT2D eigenvalue weighted by Gasteiger charge is 2.16. The molecule has 0 spiro atoms. The zero-order valence-corrected chi connectivity index (χ0v) is 12.7. The zero-order valence-electron chi connectivity index (χ0n) is 12.7. The Morgan fingerprint density at radius 1 is 1.17 bits per heavy atom. The summed E-state index contributed by atoms with van der Waals surface area (Å²) in [6, 6.07) is 14.2. The number of amides is 1. The van der Waals surface area contributed by atoms with Gasteiger partial charge in [-0.25, -0.2) is 0 Å². The average Bonchev–Trinajstić information content (AvgIpc) is 2.55. The topological polar surface area (TPSA) is 88.0 Å². The standard InChI is InChI=1S/C16H18BNO5/c1-22-15-11-13(23-17(20)21)7-8-14(15)16(19)18-10-9-12-5-3-2-4-6-12/h2-8,11,20-21H,9-10H2,1H3,(H,18,19). The van der Waals surface area contributed by atoms with Gasteiger partial charge in [0.15, 0.2) is 0 Å². The monoisotopic (exact) mass is 315 g/mol. The molecule has 6 nitrogen and oxygen atoms in total. The SMILES string of the molecule is COc1cc(OB(O)O)ccc1C(=O)NCCc1ccccc1. The summed E-state index contributed by atoms with van der Waals surface area (Å²) in [5.74, 6) is 0.215. The van der Waals surface area contributed by atoms with Gasteiger partial charge in [0.25, 0.3) is 5.91 Å². The van der Waals surface area contributed by atoms with Gasteiger partial charge in [-0.15, -0.1) is 0 Å². The van der Waals surface area contributed by atoms with Crippen LogP contribution in [0.3, 0.4) is 0 Å². The Kier molecular flexibility index (Phi) is 6.02. The van der Waals surface area contributed by atoms with E-state index in [4.69, 9.17) is 19.4 Å². The van der Waals surface area contributed by atoms with Crippen molar-refractivity contribution in [1.29, 1.82) is 0 Å². The van der Waals surface area contributed by atoms with Gasteiger partial charge in [0, 0.05) is 12.6 Å². The number of benzene rings is 2.